The molecule has 9 heteroatoms. The van der Waals surface area contributed by atoms with Crippen molar-refractivity contribution in [3.63, 3.8) is 0 Å². The molecule has 2 amide bonds. The first kappa shape index (κ1) is 24.3. The van der Waals surface area contributed by atoms with Crippen molar-refractivity contribution in [2.75, 3.05) is 6.61 Å². The van der Waals surface area contributed by atoms with Crippen molar-refractivity contribution < 1.29 is 19.1 Å². The van der Waals surface area contributed by atoms with Crippen molar-refractivity contribution in [2.45, 2.75) is 71.1 Å². The van der Waals surface area contributed by atoms with E-state index in [0.717, 1.165) is 31.2 Å². The lowest BCUT2D eigenvalue weighted by Crippen LogP contribution is -2.64. The van der Waals surface area contributed by atoms with Gasteiger partial charge in [-0.1, -0.05) is 30.7 Å². The van der Waals surface area contributed by atoms with Gasteiger partial charge in [0.15, 0.2) is 5.69 Å². The molecule has 1 aliphatic carbocycles. The molecule has 1 fully saturated rings. The van der Waals surface area contributed by atoms with E-state index in [-0.39, 0.29) is 48.9 Å². The van der Waals surface area contributed by atoms with Gasteiger partial charge in [0.05, 0.1) is 13.2 Å². The fourth-order valence-corrected chi connectivity index (χ4v) is 4.84. The van der Waals surface area contributed by atoms with Crippen LogP contribution in [0.1, 0.15) is 73.0 Å². The zero-order valence-electron chi connectivity index (χ0n) is 19.8. The number of nitrogens with zero attached hydrogens (tertiary/aromatic N) is 3. The lowest BCUT2D eigenvalue weighted by Gasteiger charge is -2.44. The van der Waals surface area contributed by atoms with Gasteiger partial charge in [-0.05, 0) is 63.1 Å². The van der Waals surface area contributed by atoms with Gasteiger partial charge in [-0.3, -0.25) is 14.3 Å². The number of fused-ring (bicyclic) bond motifs is 1. The third-order valence-corrected chi connectivity index (χ3v) is 7.13. The summed E-state index contributed by atoms with van der Waals surface area (Å²) < 4.78 is 6.51. The van der Waals surface area contributed by atoms with Crippen molar-refractivity contribution >= 4 is 29.4 Å². The average Bonchev–Trinajstić information content (AvgIpc) is 3.23. The number of ether oxygens (including phenoxy) is 1. The van der Waals surface area contributed by atoms with Crippen molar-refractivity contribution in [1.82, 2.24) is 20.0 Å². The number of halogens is 1. The summed E-state index contributed by atoms with van der Waals surface area (Å²) in [5.74, 6) is -0.509. The molecule has 34 heavy (non-hydrogen) atoms. The molecule has 0 spiro atoms. The van der Waals surface area contributed by atoms with E-state index in [1.165, 1.54) is 10.7 Å². The Kier molecular flexibility index (Phi) is 6.98. The van der Waals surface area contributed by atoms with E-state index in [4.69, 9.17) is 16.3 Å². The fraction of sp³-hybridized carbons (Fsp3) is 0.520. The number of carbonyl (C=O) groups is 3. The molecule has 1 aromatic carbocycles. The topological polar surface area (TPSA) is 93.5 Å². The molecule has 4 rings (SSSR count). The summed E-state index contributed by atoms with van der Waals surface area (Å²) in [6.45, 7) is 6.26. The largest absolute Gasteiger partial charge is 0.461 e. The van der Waals surface area contributed by atoms with Gasteiger partial charge in [0.2, 0.25) is 5.91 Å². The molecule has 1 aromatic heterocycles. The summed E-state index contributed by atoms with van der Waals surface area (Å²) in [6, 6.07) is 8.72. The van der Waals surface area contributed by atoms with Crippen molar-refractivity contribution in [2.24, 2.45) is 5.92 Å². The summed E-state index contributed by atoms with van der Waals surface area (Å²) in [7, 11) is 0. The number of hydrogen-bond donors (Lipinski definition) is 1. The van der Waals surface area contributed by atoms with Crippen molar-refractivity contribution in [3.8, 4) is 0 Å². The number of esters is 1. The molecule has 1 N–H and O–H groups in total. The van der Waals surface area contributed by atoms with Crippen LogP contribution in [0.25, 0.3) is 0 Å². The summed E-state index contributed by atoms with van der Waals surface area (Å²) in [5, 5.41) is 8.09. The van der Waals surface area contributed by atoms with Crippen LogP contribution in [0.2, 0.25) is 5.02 Å². The summed E-state index contributed by atoms with van der Waals surface area (Å²) >= 11 is 6.03. The average molecular weight is 487 g/mol. The minimum absolute atomic E-state index is 0.0579. The van der Waals surface area contributed by atoms with E-state index in [1.54, 1.807) is 30.9 Å². The molecule has 0 radical (unpaired) electrons. The highest BCUT2D eigenvalue weighted by Gasteiger charge is 2.48. The molecule has 2 aromatic rings. The molecule has 182 valence electrons. The first-order chi connectivity index (χ1) is 16.2. The van der Waals surface area contributed by atoms with Gasteiger partial charge >= 0.3 is 5.97 Å². The SMILES string of the molecule is CCOC(=O)c1cc2n(n1)C[C@@](C)(C(=O)NC1CCC(C)CC1)N(Cc1ccc(Cl)cc1)C2=O. The Morgan fingerprint density at radius 1 is 1.21 bits per heavy atom. The number of aromatic nitrogens is 2. The predicted molar refractivity (Wildman–Crippen MR) is 127 cm³/mol. The van der Waals surface area contributed by atoms with Gasteiger partial charge < -0.3 is 15.0 Å². The highest BCUT2D eigenvalue weighted by Crippen LogP contribution is 2.31. The third kappa shape index (κ3) is 4.82. The van der Waals surface area contributed by atoms with Gasteiger partial charge in [0, 0.05) is 23.7 Å². The molecule has 1 saturated carbocycles. The van der Waals surface area contributed by atoms with Gasteiger partial charge in [-0.25, -0.2) is 4.79 Å². The van der Waals surface area contributed by atoms with Gasteiger partial charge in [0.1, 0.15) is 11.2 Å². The molecule has 0 bridgehead atoms. The quantitative estimate of drug-likeness (QED) is 0.626. The van der Waals surface area contributed by atoms with Crippen LogP contribution < -0.4 is 5.32 Å². The maximum absolute atomic E-state index is 13.7. The van der Waals surface area contributed by atoms with E-state index in [1.807, 2.05) is 12.1 Å². The standard InChI is InChI=1S/C25H31ClN4O4/c1-4-34-23(32)20-13-21-22(31)29(14-17-7-9-18(26)10-8-17)25(3,15-30(21)28-20)24(33)27-19-11-5-16(2)6-12-19/h7-10,13,16,19H,4-6,11-12,14-15H2,1-3H3,(H,27,33)/t16?,19?,25-/m0/s1. The predicted octanol–water partition coefficient (Wildman–Crippen LogP) is 3.82. The minimum Gasteiger partial charge on any atom is -0.461 e. The molecule has 1 atom stereocenters. The fourth-order valence-electron chi connectivity index (χ4n) is 4.71. The molecular weight excluding hydrogens is 456 g/mol. The van der Waals surface area contributed by atoms with Crippen LogP contribution in [0.5, 0.6) is 0 Å². The molecule has 1 aliphatic heterocycles. The lowest BCUT2D eigenvalue weighted by molar-refractivity contribution is -0.134. The second-order valence-corrected chi connectivity index (χ2v) is 9.95. The number of rotatable bonds is 6. The zero-order valence-corrected chi connectivity index (χ0v) is 20.6. The van der Waals surface area contributed by atoms with E-state index in [0.29, 0.717) is 10.9 Å². The van der Waals surface area contributed by atoms with Gasteiger partial charge in [-0.15, -0.1) is 0 Å². The first-order valence-electron chi connectivity index (χ1n) is 11.8. The maximum Gasteiger partial charge on any atom is 0.358 e. The minimum atomic E-state index is -1.19. The van der Waals surface area contributed by atoms with Crippen LogP contribution >= 0.6 is 11.6 Å². The van der Waals surface area contributed by atoms with Crippen molar-refractivity contribution in [1.29, 1.82) is 0 Å². The highest BCUT2D eigenvalue weighted by molar-refractivity contribution is 6.30. The van der Waals surface area contributed by atoms with Crippen LogP contribution in [0.15, 0.2) is 30.3 Å². The number of benzene rings is 1. The molecule has 2 aliphatic rings. The van der Waals surface area contributed by atoms with E-state index in [9.17, 15) is 14.4 Å². The number of carbonyl (C=O) groups excluding carboxylic acids is 3. The second-order valence-electron chi connectivity index (χ2n) is 9.51. The van der Waals surface area contributed by atoms with Crippen LogP contribution in [-0.4, -0.2) is 50.7 Å². The summed E-state index contributed by atoms with van der Waals surface area (Å²) in [5.41, 5.74) is -0.0247. The zero-order chi connectivity index (χ0) is 24.5. The third-order valence-electron chi connectivity index (χ3n) is 6.88. The number of nitrogens with one attached hydrogen (secondary N) is 1. The van der Waals surface area contributed by atoms with Crippen molar-refractivity contribution in [3.05, 3.63) is 52.3 Å². The van der Waals surface area contributed by atoms with Crippen LogP contribution in [0.4, 0.5) is 0 Å². The highest BCUT2D eigenvalue weighted by atomic mass is 35.5. The number of amides is 2. The Morgan fingerprint density at radius 2 is 1.88 bits per heavy atom. The first-order valence-corrected chi connectivity index (χ1v) is 12.2. The molecular formula is C25H31ClN4O4. The Balaban J connectivity index is 1.66. The summed E-state index contributed by atoms with van der Waals surface area (Å²) in [6.07, 6.45) is 3.99. The number of hydrogen-bond acceptors (Lipinski definition) is 5. The van der Waals surface area contributed by atoms with E-state index >= 15 is 0 Å². The molecule has 2 heterocycles. The van der Waals surface area contributed by atoms with Crippen LogP contribution in [0, 0.1) is 5.92 Å². The Bertz CT molecular complexity index is 1080. The normalized spacial score (nSPS) is 24.5. The summed E-state index contributed by atoms with van der Waals surface area (Å²) in [4.78, 5) is 41.1. The monoisotopic (exact) mass is 486 g/mol. The molecule has 0 saturated heterocycles. The molecule has 8 nitrogen and oxygen atoms in total. The maximum atomic E-state index is 13.7. The van der Waals surface area contributed by atoms with Crippen LogP contribution in [-0.2, 0) is 22.6 Å². The smallest absolute Gasteiger partial charge is 0.358 e. The van der Waals surface area contributed by atoms with E-state index < -0.39 is 11.5 Å². The van der Waals surface area contributed by atoms with Gasteiger partial charge in [0.25, 0.3) is 5.91 Å². The Labute approximate surface area is 204 Å². The second kappa shape index (κ2) is 9.78. The lowest BCUT2D eigenvalue weighted by atomic mass is 9.86. The van der Waals surface area contributed by atoms with E-state index in [2.05, 4.69) is 17.3 Å². The Hall–Kier alpha value is -2.87. The van der Waals surface area contributed by atoms with Crippen LogP contribution in [0.3, 0.4) is 0 Å². The van der Waals surface area contributed by atoms with Gasteiger partial charge in [-0.2, -0.15) is 5.10 Å². The Morgan fingerprint density at radius 3 is 2.53 bits per heavy atom. The molecule has 0 unspecified atom stereocenters.